The Morgan fingerprint density at radius 2 is 2.25 bits per heavy atom. The zero-order chi connectivity index (χ0) is 11.7. The lowest BCUT2D eigenvalue weighted by molar-refractivity contribution is 0.184. The minimum absolute atomic E-state index is 0.179. The third-order valence-electron chi connectivity index (χ3n) is 1.98. The van der Waals surface area contributed by atoms with Crippen LogP contribution in [0, 0.1) is 5.82 Å². The molecular weight excluding hydrogens is 279 g/mol. The summed E-state index contributed by atoms with van der Waals surface area (Å²) in [6.45, 7) is 1.52. The molecule has 0 aliphatic rings. The van der Waals surface area contributed by atoms with Gasteiger partial charge in [-0.3, -0.25) is 0 Å². The summed E-state index contributed by atoms with van der Waals surface area (Å²) in [5.74, 6) is -0.0464. The van der Waals surface area contributed by atoms with Crippen LogP contribution in [0.25, 0.3) is 11.5 Å². The molecule has 1 aromatic heterocycles. The lowest BCUT2D eigenvalue weighted by Gasteiger charge is -1.96. The van der Waals surface area contributed by atoms with E-state index < -0.39 is 11.9 Å². The lowest BCUT2D eigenvalue weighted by atomic mass is 10.2. The smallest absolute Gasteiger partial charge is 0.258 e. The Kier molecular flexibility index (Phi) is 3.02. The number of hydrogen-bond acceptors (Lipinski definition) is 4. The van der Waals surface area contributed by atoms with E-state index in [1.165, 1.54) is 13.0 Å². The molecule has 0 amide bonds. The Morgan fingerprint density at radius 1 is 1.50 bits per heavy atom. The first-order valence-electron chi connectivity index (χ1n) is 4.55. The van der Waals surface area contributed by atoms with E-state index in [1.807, 2.05) is 0 Å². The molecule has 2 aromatic rings. The highest BCUT2D eigenvalue weighted by Crippen LogP contribution is 2.24. The lowest BCUT2D eigenvalue weighted by Crippen LogP contribution is -1.93. The van der Waals surface area contributed by atoms with Crippen molar-refractivity contribution in [2.45, 2.75) is 13.0 Å². The fraction of sp³-hybridized carbons (Fsp3) is 0.200. The summed E-state index contributed by atoms with van der Waals surface area (Å²) < 4.78 is 18.5. The minimum Gasteiger partial charge on any atom is -0.385 e. The predicted octanol–water partition coefficient (Wildman–Crippen LogP) is 2.69. The van der Waals surface area contributed by atoms with Gasteiger partial charge in [-0.25, -0.2) is 4.39 Å². The highest BCUT2D eigenvalue weighted by molar-refractivity contribution is 9.10. The number of nitrogens with zero attached hydrogens (tertiary/aromatic N) is 2. The number of hydrogen-bond donors (Lipinski definition) is 1. The molecule has 0 bridgehead atoms. The normalized spacial score (nSPS) is 12.8. The van der Waals surface area contributed by atoms with Crippen molar-refractivity contribution in [2.24, 2.45) is 0 Å². The Labute approximate surface area is 99.2 Å². The van der Waals surface area contributed by atoms with Crippen LogP contribution < -0.4 is 0 Å². The third kappa shape index (κ3) is 2.12. The van der Waals surface area contributed by atoms with Gasteiger partial charge in [0.15, 0.2) is 5.82 Å². The number of aliphatic hydroxyl groups is 1. The van der Waals surface area contributed by atoms with Crippen LogP contribution in [0.2, 0.25) is 0 Å². The van der Waals surface area contributed by atoms with Gasteiger partial charge in [0.25, 0.3) is 5.89 Å². The zero-order valence-electron chi connectivity index (χ0n) is 8.32. The van der Waals surface area contributed by atoms with Crippen LogP contribution in [0.5, 0.6) is 0 Å². The number of aliphatic hydroxyl groups excluding tert-OH is 1. The SMILES string of the molecule is CC(O)c1noc(-c2ccc(Br)c(F)c2)n1. The molecule has 84 valence electrons. The Bertz CT molecular complexity index is 513. The largest absolute Gasteiger partial charge is 0.385 e. The number of aromatic nitrogens is 2. The molecule has 0 aliphatic heterocycles. The van der Waals surface area contributed by atoms with Crippen LogP contribution in [0.15, 0.2) is 27.2 Å². The molecule has 0 spiro atoms. The number of halogens is 2. The van der Waals surface area contributed by atoms with Gasteiger partial charge in [0, 0.05) is 5.56 Å². The van der Waals surface area contributed by atoms with E-state index in [9.17, 15) is 9.50 Å². The molecule has 0 saturated heterocycles. The van der Waals surface area contributed by atoms with Crippen molar-refractivity contribution in [1.29, 1.82) is 0 Å². The molecule has 0 radical (unpaired) electrons. The van der Waals surface area contributed by atoms with Gasteiger partial charge in [-0.05, 0) is 41.1 Å². The molecule has 1 heterocycles. The van der Waals surface area contributed by atoms with Crippen LogP contribution in [-0.4, -0.2) is 15.2 Å². The first-order chi connectivity index (χ1) is 7.58. The standard InChI is InChI=1S/C10H8BrFN2O2/c1-5(15)9-13-10(16-14-9)6-2-3-7(11)8(12)4-6/h2-5,15H,1H3. The predicted molar refractivity (Wildman–Crippen MR) is 58.0 cm³/mol. The van der Waals surface area contributed by atoms with Gasteiger partial charge in [0.05, 0.1) is 4.47 Å². The Morgan fingerprint density at radius 3 is 2.81 bits per heavy atom. The van der Waals surface area contributed by atoms with Crippen LogP contribution in [-0.2, 0) is 0 Å². The van der Waals surface area contributed by atoms with Crippen molar-refractivity contribution < 1.29 is 14.0 Å². The Balaban J connectivity index is 2.39. The topological polar surface area (TPSA) is 59.2 Å². The summed E-state index contributed by atoms with van der Waals surface area (Å²) in [5, 5.41) is 12.8. The second-order valence-electron chi connectivity index (χ2n) is 3.26. The minimum atomic E-state index is -0.808. The quantitative estimate of drug-likeness (QED) is 0.922. The van der Waals surface area contributed by atoms with E-state index in [0.717, 1.165) is 0 Å². The summed E-state index contributed by atoms with van der Waals surface area (Å²) in [6, 6.07) is 4.48. The van der Waals surface area contributed by atoms with Crippen molar-refractivity contribution in [3.05, 3.63) is 34.3 Å². The molecule has 4 nitrogen and oxygen atoms in total. The zero-order valence-corrected chi connectivity index (χ0v) is 9.90. The van der Waals surface area contributed by atoms with Gasteiger partial charge in [-0.15, -0.1) is 0 Å². The van der Waals surface area contributed by atoms with Crippen molar-refractivity contribution in [3.63, 3.8) is 0 Å². The molecule has 6 heteroatoms. The first-order valence-corrected chi connectivity index (χ1v) is 5.34. The summed E-state index contributed by atoms with van der Waals surface area (Å²) >= 11 is 3.05. The average Bonchev–Trinajstić information content (AvgIpc) is 2.71. The van der Waals surface area contributed by atoms with Crippen LogP contribution >= 0.6 is 15.9 Å². The summed E-state index contributed by atoms with van der Waals surface area (Å²) in [6.07, 6.45) is -0.808. The molecule has 1 unspecified atom stereocenters. The van der Waals surface area contributed by atoms with E-state index >= 15 is 0 Å². The number of rotatable bonds is 2. The van der Waals surface area contributed by atoms with Crippen molar-refractivity contribution in [2.75, 3.05) is 0 Å². The van der Waals surface area contributed by atoms with E-state index in [4.69, 9.17) is 4.52 Å². The summed E-state index contributed by atoms with van der Waals surface area (Å²) in [4.78, 5) is 3.94. The molecule has 0 aliphatic carbocycles. The molecule has 2 rings (SSSR count). The Hall–Kier alpha value is -1.27. The van der Waals surface area contributed by atoms with Crippen molar-refractivity contribution in [1.82, 2.24) is 10.1 Å². The van der Waals surface area contributed by atoms with Crippen LogP contribution in [0.1, 0.15) is 18.9 Å². The maximum absolute atomic E-state index is 13.2. The first kappa shape index (κ1) is 11.2. The van der Waals surface area contributed by atoms with E-state index in [1.54, 1.807) is 12.1 Å². The maximum Gasteiger partial charge on any atom is 0.258 e. The highest BCUT2D eigenvalue weighted by atomic mass is 79.9. The summed E-state index contributed by atoms with van der Waals surface area (Å²) in [7, 11) is 0. The fourth-order valence-corrected chi connectivity index (χ4v) is 1.40. The van der Waals surface area contributed by atoms with Crippen LogP contribution in [0.3, 0.4) is 0 Å². The van der Waals surface area contributed by atoms with Gasteiger partial charge in [-0.2, -0.15) is 4.98 Å². The van der Waals surface area contributed by atoms with E-state index in [0.29, 0.717) is 10.0 Å². The second-order valence-corrected chi connectivity index (χ2v) is 4.12. The number of benzene rings is 1. The molecule has 0 fully saturated rings. The van der Waals surface area contributed by atoms with Gasteiger partial charge in [0.1, 0.15) is 11.9 Å². The fourth-order valence-electron chi connectivity index (χ4n) is 1.15. The molecular formula is C10H8BrFN2O2. The molecule has 1 N–H and O–H groups in total. The molecule has 0 saturated carbocycles. The molecule has 16 heavy (non-hydrogen) atoms. The third-order valence-corrected chi connectivity index (χ3v) is 2.63. The van der Waals surface area contributed by atoms with Gasteiger partial charge >= 0.3 is 0 Å². The van der Waals surface area contributed by atoms with Crippen LogP contribution in [0.4, 0.5) is 4.39 Å². The van der Waals surface area contributed by atoms with Gasteiger partial charge in [-0.1, -0.05) is 5.16 Å². The average molecular weight is 287 g/mol. The molecule has 1 atom stereocenters. The summed E-state index contributed by atoms with van der Waals surface area (Å²) in [5.41, 5.74) is 0.472. The maximum atomic E-state index is 13.2. The molecule has 1 aromatic carbocycles. The van der Waals surface area contributed by atoms with Gasteiger partial charge in [0.2, 0.25) is 0 Å². The van der Waals surface area contributed by atoms with Crippen molar-refractivity contribution >= 4 is 15.9 Å². The van der Waals surface area contributed by atoms with E-state index in [-0.39, 0.29) is 11.7 Å². The monoisotopic (exact) mass is 286 g/mol. The van der Waals surface area contributed by atoms with E-state index in [2.05, 4.69) is 26.1 Å². The highest BCUT2D eigenvalue weighted by Gasteiger charge is 2.13. The second kappa shape index (κ2) is 4.31. The van der Waals surface area contributed by atoms with Crippen molar-refractivity contribution in [3.8, 4) is 11.5 Å². The van der Waals surface area contributed by atoms with Gasteiger partial charge < -0.3 is 9.63 Å².